The van der Waals surface area contributed by atoms with Crippen LogP contribution in [-0.4, -0.2) is 6.04 Å². The van der Waals surface area contributed by atoms with Crippen molar-refractivity contribution in [1.82, 2.24) is 5.32 Å². The third-order valence-electron chi connectivity index (χ3n) is 4.13. The Morgan fingerprint density at radius 2 is 2.19 bits per heavy atom. The molecule has 0 aromatic heterocycles. The highest BCUT2D eigenvalue weighted by molar-refractivity contribution is 5.34. The van der Waals surface area contributed by atoms with Gasteiger partial charge in [-0.3, -0.25) is 0 Å². The van der Waals surface area contributed by atoms with E-state index in [1.54, 1.807) is 11.1 Å². The largest absolute Gasteiger partial charge is 0.307 e. The van der Waals surface area contributed by atoms with Crippen LogP contribution in [0.2, 0.25) is 0 Å². The molecule has 3 atom stereocenters. The quantitative estimate of drug-likeness (QED) is 0.811. The van der Waals surface area contributed by atoms with Crippen LogP contribution in [0.25, 0.3) is 0 Å². The number of aryl methyl sites for hydroxylation is 1. The number of hydrogen-bond acceptors (Lipinski definition) is 1. The minimum absolute atomic E-state index is 0.642. The molecule has 2 aliphatic carbocycles. The van der Waals surface area contributed by atoms with Crippen LogP contribution in [0.5, 0.6) is 0 Å². The molecule has 1 aromatic carbocycles. The summed E-state index contributed by atoms with van der Waals surface area (Å²) in [6.07, 6.45) is 6.72. The second kappa shape index (κ2) is 4.21. The highest BCUT2D eigenvalue weighted by Gasteiger charge is 2.38. The van der Waals surface area contributed by atoms with Gasteiger partial charge in [-0.15, -0.1) is 0 Å². The van der Waals surface area contributed by atoms with Crippen molar-refractivity contribution < 1.29 is 0 Å². The molecule has 3 rings (SSSR count). The van der Waals surface area contributed by atoms with Crippen LogP contribution in [0, 0.1) is 5.92 Å². The Morgan fingerprint density at radius 3 is 3.06 bits per heavy atom. The van der Waals surface area contributed by atoms with Crippen LogP contribution >= 0.6 is 0 Å². The van der Waals surface area contributed by atoms with Gasteiger partial charge in [-0.05, 0) is 42.7 Å². The summed E-state index contributed by atoms with van der Waals surface area (Å²) in [4.78, 5) is 0. The van der Waals surface area contributed by atoms with Crippen molar-refractivity contribution in [3.8, 4) is 0 Å². The monoisotopic (exact) mass is 215 g/mol. The lowest BCUT2D eigenvalue weighted by Crippen LogP contribution is -2.22. The van der Waals surface area contributed by atoms with Gasteiger partial charge in [-0.25, -0.2) is 0 Å². The molecule has 1 nitrogen and oxygen atoms in total. The second-order valence-electron chi connectivity index (χ2n) is 5.35. The summed E-state index contributed by atoms with van der Waals surface area (Å²) >= 11 is 0. The van der Waals surface area contributed by atoms with Crippen molar-refractivity contribution in [2.75, 3.05) is 0 Å². The van der Waals surface area contributed by atoms with Crippen LogP contribution in [0.4, 0.5) is 0 Å². The van der Waals surface area contributed by atoms with Gasteiger partial charge in [-0.2, -0.15) is 0 Å². The zero-order valence-corrected chi connectivity index (χ0v) is 10.1. The average Bonchev–Trinajstić information content (AvgIpc) is 2.89. The summed E-state index contributed by atoms with van der Waals surface area (Å²) in [5.74, 6) is 0.970. The molecule has 1 heteroatoms. The van der Waals surface area contributed by atoms with Gasteiger partial charge in [0.05, 0.1) is 0 Å². The maximum Gasteiger partial charge on any atom is 0.0328 e. The molecular weight excluding hydrogens is 194 g/mol. The molecule has 0 saturated heterocycles. The number of hydrogen-bond donors (Lipinski definition) is 1. The summed E-state index contributed by atoms with van der Waals surface area (Å²) in [5.41, 5.74) is 3.12. The Kier molecular flexibility index (Phi) is 2.72. The topological polar surface area (TPSA) is 12.0 Å². The molecule has 0 amide bonds. The maximum absolute atomic E-state index is 3.84. The fourth-order valence-electron chi connectivity index (χ4n) is 3.13. The lowest BCUT2D eigenvalue weighted by atomic mass is 10.1. The van der Waals surface area contributed by atoms with Crippen molar-refractivity contribution in [2.45, 2.75) is 51.1 Å². The Hall–Kier alpha value is -0.820. The first-order valence-corrected chi connectivity index (χ1v) is 6.72. The van der Waals surface area contributed by atoms with Gasteiger partial charge in [0.25, 0.3) is 0 Å². The Morgan fingerprint density at radius 1 is 1.31 bits per heavy atom. The summed E-state index contributed by atoms with van der Waals surface area (Å²) in [6, 6.07) is 10.4. The number of benzene rings is 1. The zero-order valence-electron chi connectivity index (χ0n) is 10.1. The molecule has 1 saturated carbocycles. The van der Waals surface area contributed by atoms with E-state index in [0.717, 1.165) is 12.0 Å². The predicted molar refractivity (Wildman–Crippen MR) is 67.4 cm³/mol. The van der Waals surface area contributed by atoms with E-state index in [-0.39, 0.29) is 0 Å². The van der Waals surface area contributed by atoms with Crippen LogP contribution in [-0.2, 0) is 6.42 Å². The first-order chi connectivity index (χ1) is 7.88. The van der Waals surface area contributed by atoms with Gasteiger partial charge < -0.3 is 5.32 Å². The molecule has 0 aliphatic heterocycles. The molecule has 0 radical (unpaired) electrons. The summed E-state index contributed by atoms with van der Waals surface area (Å²) in [7, 11) is 0. The smallest absolute Gasteiger partial charge is 0.0328 e. The van der Waals surface area contributed by atoms with E-state index in [0.29, 0.717) is 6.04 Å². The van der Waals surface area contributed by atoms with Crippen molar-refractivity contribution in [2.24, 2.45) is 5.92 Å². The van der Waals surface area contributed by atoms with Gasteiger partial charge in [0.2, 0.25) is 0 Å². The van der Waals surface area contributed by atoms with E-state index in [4.69, 9.17) is 0 Å². The fourth-order valence-corrected chi connectivity index (χ4v) is 3.13. The minimum atomic E-state index is 0.642. The molecule has 1 N–H and O–H groups in total. The molecule has 3 unspecified atom stereocenters. The molecule has 86 valence electrons. The molecule has 1 aromatic rings. The summed E-state index contributed by atoms with van der Waals surface area (Å²) < 4.78 is 0. The number of nitrogens with one attached hydrogen (secondary N) is 1. The van der Waals surface area contributed by atoms with Gasteiger partial charge in [-0.1, -0.05) is 37.6 Å². The molecule has 0 bridgehead atoms. The van der Waals surface area contributed by atoms with Crippen LogP contribution < -0.4 is 5.32 Å². The van der Waals surface area contributed by atoms with Gasteiger partial charge in [0.1, 0.15) is 0 Å². The van der Waals surface area contributed by atoms with Crippen LogP contribution in [0.1, 0.15) is 49.8 Å². The lowest BCUT2D eigenvalue weighted by molar-refractivity contribution is 0.498. The van der Waals surface area contributed by atoms with E-state index in [1.165, 1.54) is 32.1 Å². The van der Waals surface area contributed by atoms with E-state index in [9.17, 15) is 0 Å². The highest BCUT2D eigenvalue weighted by Crippen LogP contribution is 2.39. The molecule has 1 fully saturated rings. The van der Waals surface area contributed by atoms with Crippen molar-refractivity contribution in [3.05, 3.63) is 35.4 Å². The van der Waals surface area contributed by atoms with Crippen molar-refractivity contribution >= 4 is 0 Å². The van der Waals surface area contributed by atoms with E-state index in [2.05, 4.69) is 36.5 Å². The summed E-state index contributed by atoms with van der Waals surface area (Å²) in [6.45, 7) is 2.29. The summed E-state index contributed by atoms with van der Waals surface area (Å²) in [5, 5.41) is 3.84. The van der Waals surface area contributed by atoms with E-state index >= 15 is 0 Å². The van der Waals surface area contributed by atoms with Gasteiger partial charge in [0, 0.05) is 12.1 Å². The third kappa shape index (κ3) is 1.89. The normalized spacial score (nSPS) is 31.4. The molecule has 0 spiro atoms. The number of rotatable bonds is 4. The van der Waals surface area contributed by atoms with Crippen molar-refractivity contribution in [1.29, 1.82) is 0 Å². The Labute approximate surface area is 98.3 Å². The molecular formula is C15H21N. The number of fused-ring (bicyclic) bond motifs is 1. The fraction of sp³-hybridized carbons (Fsp3) is 0.600. The molecule has 16 heavy (non-hydrogen) atoms. The SMILES string of the molecule is CCCC1CC1NC1CCc2ccccc21. The third-order valence-corrected chi connectivity index (χ3v) is 4.13. The second-order valence-corrected chi connectivity index (χ2v) is 5.35. The van der Waals surface area contributed by atoms with Gasteiger partial charge >= 0.3 is 0 Å². The van der Waals surface area contributed by atoms with Crippen LogP contribution in [0.15, 0.2) is 24.3 Å². The average molecular weight is 215 g/mol. The Balaban J connectivity index is 1.62. The molecule has 0 heterocycles. The highest BCUT2D eigenvalue weighted by atomic mass is 15.0. The first-order valence-electron chi connectivity index (χ1n) is 6.72. The van der Waals surface area contributed by atoms with Crippen molar-refractivity contribution in [3.63, 3.8) is 0 Å². The zero-order chi connectivity index (χ0) is 11.0. The standard InChI is InChI=1S/C15H21N/c1-2-5-12-10-15(12)16-14-9-8-11-6-3-4-7-13(11)14/h3-4,6-7,12,14-16H,2,5,8-10H2,1H3. The van der Waals surface area contributed by atoms with Gasteiger partial charge in [0.15, 0.2) is 0 Å². The van der Waals surface area contributed by atoms with E-state index in [1.807, 2.05) is 0 Å². The molecule has 2 aliphatic rings. The Bertz CT molecular complexity index is 371. The predicted octanol–water partition coefficient (Wildman–Crippen LogP) is 3.45. The van der Waals surface area contributed by atoms with E-state index < -0.39 is 0 Å². The van der Waals surface area contributed by atoms with Crippen LogP contribution in [0.3, 0.4) is 0 Å². The maximum atomic E-state index is 3.84. The lowest BCUT2D eigenvalue weighted by Gasteiger charge is -2.13. The first kappa shape index (κ1) is 10.3. The minimum Gasteiger partial charge on any atom is -0.307 e.